The van der Waals surface area contributed by atoms with Gasteiger partial charge in [-0.25, -0.2) is 4.99 Å². The van der Waals surface area contributed by atoms with Crippen molar-refractivity contribution < 1.29 is 4.79 Å². The number of fused-ring (bicyclic) bond motifs is 1. The Balaban J connectivity index is 1.71. The van der Waals surface area contributed by atoms with Crippen LogP contribution in [0, 0.1) is 0 Å². The number of ketones is 1. The minimum absolute atomic E-state index is 0.0530. The summed E-state index contributed by atoms with van der Waals surface area (Å²) in [5.41, 5.74) is 4.81. The zero-order chi connectivity index (χ0) is 17.1. The minimum atomic E-state index is 0.0530. The van der Waals surface area contributed by atoms with Crippen LogP contribution in [0.5, 0.6) is 0 Å². The van der Waals surface area contributed by atoms with E-state index in [9.17, 15) is 4.79 Å². The Hall–Kier alpha value is -2.62. The molecule has 1 aliphatic carbocycles. The third-order valence-electron chi connectivity index (χ3n) is 4.30. The molecule has 0 radical (unpaired) electrons. The molecular weight excluding hydrogens is 298 g/mol. The molecule has 3 rings (SSSR count). The van der Waals surface area contributed by atoms with Crippen molar-refractivity contribution in [3.8, 4) is 0 Å². The Morgan fingerprint density at radius 2 is 2.25 bits per heavy atom. The molecule has 1 aromatic rings. The largest absolute Gasteiger partial charge is 0.347 e. The predicted octanol–water partition coefficient (Wildman–Crippen LogP) is 3.28. The summed E-state index contributed by atoms with van der Waals surface area (Å²) >= 11 is 0. The first kappa shape index (κ1) is 16.2. The molecule has 1 N–H and O–H groups in total. The average molecular weight is 321 g/mol. The molecule has 1 aromatic carbocycles. The molecule has 1 atom stereocenters. The number of benzene rings is 1. The first-order valence-corrected chi connectivity index (χ1v) is 8.22. The van der Waals surface area contributed by atoms with Gasteiger partial charge in [0.15, 0.2) is 11.7 Å². The molecule has 124 valence electrons. The second kappa shape index (κ2) is 6.87. The van der Waals surface area contributed by atoms with Crippen molar-refractivity contribution in [1.82, 2.24) is 10.2 Å². The van der Waals surface area contributed by atoms with Crippen LogP contribution in [0.2, 0.25) is 0 Å². The predicted molar refractivity (Wildman–Crippen MR) is 98.4 cm³/mol. The fraction of sp³-hybridized carbons (Fsp3) is 0.300. The average Bonchev–Trinajstić information content (AvgIpc) is 2.87. The summed E-state index contributed by atoms with van der Waals surface area (Å²) in [5, 5.41) is 3.51. The topological polar surface area (TPSA) is 44.7 Å². The lowest BCUT2D eigenvalue weighted by atomic mass is 10.00. The molecule has 0 aromatic heterocycles. The maximum Gasteiger partial charge on any atom is 0.198 e. The van der Waals surface area contributed by atoms with Gasteiger partial charge in [0.2, 0.25) is 0 Å². The maximum atomic E-state index is 11.1. The summed E-state index contributed by atoms with van der Waals surface area (Å²) in [4.78, 5) is 17.9. The Morgan fingerprint density at radius 3 is 3.04 bits per heavy atom. The highest BCUT2D eigenvalue weighted by atomic mass is 16.1. The molecule has 1 fully saturated rings. The zero-order valence-electron chi connectivity index (χ0n) is 14.4. The van der Waals surface area contributed by atoms with Crippen LogP contribution >= 0.6 is 0 Å². The lowest BCUT2D eigenvalue weighted by Gasteiger charge is -2.18. The maximum absolute atomic E-state index is 11.1. The minimum Gasteiger partial charge on any atom is -0.347 e. The van der Waals surface area contributed by atoms with Gasteiger partial charge in [-0.2, -0.15) is 0 Å². The van der Waals surface area contributed by atoms with Crippen molar-refractivity contribution >= 4 is 17.8 Å². The Labute approximate surface area is 143 Å². The van der Waals surface area contributed by atoms with Gasteiger partial charge in [-0.1, -0.05) is 35.9 Å². The smallest absolute Gasteiger partial charge is 0.198 e. The van der Waals surface area contributed by atoms with Crippen molar-refractivity contribution in [2.24, 2.45) is 4.99 Å². The van der Waals surface area contributed by atoms with E-state index in [4.69, 9.17) is 4.99 Å². The Kier molecular flexibility index (Phi) is 4.65. The van der Waals surface area contributed by atoms with Crippen LogP contribution in [-0.4, -0.2) is 29.7 Å². The highest BCUT2D eigenvalue weighted by Gasteiger charge is 2.31. The Morgan fingerprint density at radius 1 is 1.42 bits per heavy atom. The number of aliphatic imine (C=N–C) groups is 1. The first-order valence-electron chi connectivity index (χ1n) is 8.22. The number of carbonyl (C=O) groups is 1. The number of likely N-dealkylation sites (N-methyl/N-ethyl adjacent to an activating group) is 1. The molecule has 0 saturated carbocycles. The summed E-state index contributed by atoms with van der Waals surface area (Å²) in [6.45, 7) is 4.32. The van der Waals surface area contributed by atoms with Crippen LogP contribution in [0.25, 0.3) is 6.08 Å². The molecular formula is C20H23N3O. The van der Waals surface area contributed by atoms with Crippen molar-refractivity contribution in [3.05, 3.63) is 64.9 Å². The van der Waals surface area contributed by atoms with Crippen LogP contribution in [0.1, 0.15) is 31.4 Å². The number of nitrogens with zero attached hydrogens (tertiary/aromatic N) is 2. The highest BCUT2D eigenvalue weighted by Crippen LogP contribution is 2.25. The van der Waals surface area contributed by atoms with E-state index >= 15 is 0 Å². The molecule has 1 heterocycles. The standard InChI is InChI=1S/C20H23N3O/c1-14-7-10-19-18(11-14)22-20(23(19)3)21-13-17-6-4-5-16(12-17)9-8-15(2)24/h4-10,12,18H,11,13H2,1-3H3,(H,21,22). The molecule has 0 bridgehead atoms. The molecule has 1 unspecified atom stereocenters. The zero-order valence-corrected chi connectivity index (χ0v) is 14.4. The fourth-order valence-electron chi connectivity index (χ4n) is 3.01. The summed E-state index contributed by atoms with van der Waals surface area (Å²) in [5.74, 6) is 0.969. The van der Waals surface area contributed by atoms with Crippen molar-refractivity contribution in [2.75, 3.05) is 7.05 Å². The molecule has 0 amide bonds. The van der Waals surface area contributed by atoms with E-state index in [1.54, 1.807) is 13.0 Å². The number of rotatable bonds is 4. The van der Waals surface area contributed by atoms with E-state index in [0.717, 1.165) is 23.5 Å². The number of hydrogen-bond donors (Lipinski definition) is 1. The number of hydrogen-bond acceptors (Lipinski definition) is 2. The quantitative estimate of drug-likeness (QED) is 0.866. The lowest BCUT2D eigenvalue weighted by Crippen LogP contribution is -2.29. The fourth-order valence-corrected chi connectivity index (χ4v) is 3.01. The van der Waals surface area contributed by atoms with E-state index in [-0.39, 0.29) is 5.78 Å². The van der Waals surface area contributed by atoms with Crippen LogP contribution in [0.15, 0.2) is 58.8 Å². The van der Waals surface area contributed by atoms with Gasteiger partial charge in [-0.3, -0.25) is 4.79 Å². The van der Waals surface area contributed by atoms with E-state index in [0.29, 0.717) is 12.6 Å². The normalized spacial score (nSPS) is 21.5. The second-order valence-electron chi connectivity index (χ2n) is 6.39. The van der Waals surface area contributed by atoms with Crippen molar-refractivity contribution in [3.63, 3.8) is 0 Å². The molecule has 1 saturated heterocycles. The third kappa shape index (κ3) is 3.65. The van der Waals surface area contributed by atoms with Gasteiger partial charge >= 0.3 is 0 Å². The SMILES string of the molecule is CC(=O)C=Cc1cccc(CN=C2NC3CC(C)=CC=C3N2C)c1. The molecule has 4 nitrogen and oxygen atoms in total. The molecule has 2 aliphatic rings. The van der Waals surface area contributed by atoms with Gasteiger partial charge in [0, 0.05) is 12.7 Å². The summed E-state index contributed by atoms with van der Waals surface area (Å²) in [6, 6.07) is 8.45. The van der Waals surface area contributed by atoms with Gasteiger partial charge in [0.05, 0.1) is 12.6 Å². The molecule has 0 spiro atoms. The van der Waals surface area contributed by atoms with Gasteiger partial charge in [-0.15, -0.1) is 0 Å². The van der Waals surface area contributed by atoms with Crippen LogP contribution in [0.4, 0.5) is 0 Å². The van der Waals surface area contributed by atoms with Crippen LogP contribution in [-0.2, 0) is 11.3 Å². The van der Waals surface area contributed by atoms with Gasteiger partial charge in [-0.05, 0) is 49.6 Å². The van der Waals surface area contributed by atoms with E-state index in [1.165, 1.54) is 11.3 Å². The number of allylic oxidation sites excluding steroid dienone is 3. The monoisotopic (exact) mass is 321 g/mol. The van der Waals surface area contributed by atoms with Gasteiger partial charge in [0.1, 0.15) is 0 Å². The van der Waals surface area contributed by atoms with Gasteiger partial charge in [0.25, 0.3) is 0 Å². The van der Waals surface area contributed by atoms with Crippen molar-refractivity contribution in [1.29, 1.82) is 0 Å². The van der Waals surface area contributed by atoms with Crippen LogP contribution < -0.4 is 5.32 Å². The first-order chi connectivity index (χ1) is 11.5. The molecule has 24 heavy (non-hydrogen) atoms. The Bertz CT molecular complexity index is 771. The van der Waals surface area contributed by atoms with E-state index < -0.39 is 0 Å². The summed E-state index contributed by atoms with van der Waals surface area (Å²) in [6.07, 6.45) is 8.81. The third-order valence-corrected chi connectivity index (χ3v) is 4.30. The summed E-state index contributed by atoms with van der Waals surface area (Å²) < 4.78 is 0. The van der Waals surface area contributed by atoms with Crippen molar-refractivity contribution in [2.45, 2.75) is 32.9 Å². The van der Waals surface area contributed by atoms with Crippen LogP contribution in [0.3, 0.4) is 0 Å². The lowest BCUT2D eigenvalue weighted by molar-refractivity contribution is -0.112. The van der Waals surface area contributed by atoms with E-state index in [1.807, 2.05) is 18.2 Å². The summed E-state index contributed by atoms with van der Waals surface area (Å²) in [7, 11) is 2.05. The number of carbonyl (C=O) groups excluding carboxylic acids is 1. The number of nitrogens with one attached hydrogen (secondary N) is 1. The van der Waals surface area contributed by atoms with Gasteiger partial charge < -0.3 is 10.2 Å². The highest BCUT2D eigenvalue weighted by molar-refractivity contribution is 5.91. The van der Waals surface area contributed by atoms with E-state index in [2.05, 4.69) is 48.5 Å². The number of guanidine groups is 1. The second-order valence-corrected chi connectivity index (χ2v) is 6.39. The molecule has 1 aliphatic heterocycles. The molecule has 4 heteroatoms.